The Morgan fingerprint density at radius 1 is 1.19 bits per heavy atom. The number of benzene rings is 1. The van der Waals surface area contributed by atoms with Gasteiger partial charge in [-0.3, -0.25) is 4.79 Å². The first kappa shape index (κ1) is 15.8. The van der Waals surface area contributed by atoms with Crippen LogP contribution in [-0.2, 0) is 4.79 Å². The third-order valence-electron chi connectivity index (χ3n) is 4.26. The smallest absolute Gasteiger partial charge is 0.258 e. The average Bonchev–Trinajstić information content (AvgIpc) is 2.48. The number of amides is 1. The number of aliphatic hydroxyl groups is 1. The zero-order valence-electron chi connectivity index (χ0n) is 12.9. The van der Waals surface area contributed by atoms with Crippen LogP contribution in [0.1, 0.15) is 39.5 Å². The van der Waals surface area contributed by atoms with Gasteiger partial charge in [-0.1, -0.05) is 32.0 Å². The second-order valence-electron chi connectivity index (χ2n) is 6.77. The van der Waals surface area contributed by atoms with Crippen molar-refractivity contribution in [3.8, 4) is 5.75 Å². The summed E-state index contributed by atoms with van der Waals surface area (Å²) in [5, 5.41) is 13.3. The molecular weight excluding hydrogens is 266 g/mol. The molecular formula is C17H25NO3. The predicted molar refractivity (Wildman–Crippen MR) is 82.1 cm³/mol. The third-order valence-corrected chi connectivity index (χ3v) is 4.26. The second-order valence-corrected chi connectivity index (χ2v) is 6.77. The Morgan fingerprint density at radius 2 is 1.81 bits per heavy atom. The van der Waals surface area contributed by atoms with Gasteiger partial charge in [0.2, 0.25) is 0 Å². The van der Waals surface area contributed by atoms with Crippen molar-refractivity contribution in [1.82, 2.24) is 5.32 Å². The van der Waals surface area contributed by atoms with E-state index < -0.39 is 5.60 Å². The molecule has 0 atom stereocenters. The van der Waals surface area contributed by atoms with Crippen molar-refractivity contribution < 1.29 is 14.6 Å². The van der Waals surface area contributed by atoms with Gasteiger partial charge in [0, 0.05) is 6.54 Å². The van der Waals surface area contributed by atoms with E-state index in [1.54, 1.807) is 0 Å². The molecule has 4 nitrogen and oxygen atoms in total. The van der Waals surface area contributed by atoms with E-state index in [0.717, 1.165) is 25.7 Å². The minimum atomic E-state index is -0.766. The summed E-state index contributed by atoms with van der Waals surface area (Å²) in [6.07, 6.45) is 3.44. The number of carbonyl (C=O) groups excluding carboxylic acids is 1. The maximum Gasteiger partial charge on any atom is 0.258 e. The molecule has 2 N–H and O–H groups in total. The van der Waals surface area contributed by atoms with Gasteiger partial charge in [0.05, 0.1) is 5.60 Å². The molecule has 1 aliphatic rings. The van der Waals surface area contributed by atoms with Crippen molar-refractivity contribution in [2.45, 2.75) is 45.1 Å². The number of hydrogen-bond donors (Lipinski definition) is 2. The molecule has 0 saturated heterocycles. The fourth-order valence-electron chi connectivity index (χ4n) is 2.55. The van der Waals surface area contributed by atoms with Crippen molar-refractivity contribution >= 4 is 5.91 Å². The third kappa shape index (κ3) is 5.05. The molecule has 1 aromatic carbocycles. The molecule has 116 valence electrons. The minimum Gasteiger partial charge on any atom is -0.484 e. The van der Waals surface area contributed by atoms with Crippen LogP contribution in [0, 0.1) is 5.41 Å². The number of hydrogen-bond acceptors (Lipinski definition) is 3. The number of para-hydroxylation sites is 1. The van der Waals surface area contributed by atoms with Crippen molar-refractivity contribution in [2.75, 3.05) is 13.2 Å². The summed E-state index contributed by atoms with van der Waals surface area (Å²) in [5.74, 6) is 0.475. The Balaban J connectivity index is 1.71. The Kier molecular flexibility index (Phi) is 4.88. The van der Waals surface area contributed by atoms with Crippen LogP contribution in [-0.4, -0.2) is 29.8 Å². The Hall–Kier alpha value is -1.55. The van der Waals surface area contributed by atoms with Crippen LogP contribution in [0.2, 0.25) is 0 Å². The van der Waals surface area contributed by atoms with Gasteiger partial charge in [-0.2, -0.15) is 0 Å². The zero-order chi connectivity index (χ0) is 15.3. The van der Waals surface area contributed by atoms with Crippen molar-refractivity contribution in [1.29, 1.82) is 0 Å². The van der Waals surface area contributed by atoms with E-state index in [9.17, 15) is 9.90 Å². The summed E-state index contributed by atoms with van der Waals surface area (Å²) in [7, 11) is 0. The van der Waals surface area contributed by atoms with Gasteiger partial charge in [-0.15, -0.1) is 0 Å². The second kappa shape index (κ2) is 6.48. The average molecular weight is 291 g/mol. The first-order chi connectivity index (χ1) is 9.89. The fraction of sp³-hybridized carbons (Fsp3) is 0.588. The number of carbonyl (C=O) groups is 1. The lowest BCUT2D eigenvalue weighted by atomic mass is 9.71. The van der Waals surface area contributed by atoms with Gasteiger partial charge < -0.3 is 15.2 Å². The molecule has 1 saturated carbocycles. The Bertz CT molecular complexity index is 460. The molecule has 4 heteroatoms. The van der Waals surface area contributed by atoms with E-state index in [4.69, 9.17) is 4.74 Å². The van der Waals surface area contributed by atoms with Crippen molar-refractivity contribution in [3.63, 3.8) is 0 Å². The lowest BCUT2D eigenvalue weighted by Gasteiger charge is -2.40. The van der Waals surface area contributed by atoms with Crippen LogP contribution in [0.3, 0.4) is 0 Å². The van der Waals surface area contributed by atoms with Crippen LogP contribution in [0.5, 0.6) is 5.75 Å². The van der Waals surface area contributed by atoms with Gasteiger partial charge in [0.25, 0.3) is 5.91 Å². The summed E-state index contributed by atoms with van der Waals surface area (Å²) in [5.41, 5.74) is -0.468. The molecule has 1 aromatic rings. The molecule has 0 unspecified atom stereocenters. The van der Waals surface area contributed by atoms with Crippen LogP contribution in [0.4, 0.5) is 0 Å². The molecule has 1 aliphatic carbocycles. The topological polar surface area (TPSA) is 58.6 Å². The van der Waals surface area contributed by atoms with E-state index in [1.165, 1.54) is 0 Å². The lowest BCUT2D eigenvalue weighted by Crippen LogP contribution is -2.47. The van der Waals surface area contributed by atoms with E-state index in [1.807, 2.05) is 30.3 Å². The zero-order valence-corrected chi connectivity index (χ0v) is 12.9. The molecule has 0 heterocycles. The van der Waals surface area contributed by atoms with Gasteiger partial charge >= 0.3 is 0 Å². The maximum absolute atomic E-state index is 11.8. The summed E-state index contributed by atoms with van der Waals surface area (Å²) >= 11 is 0. The van der Waals surface area contributed by atoms with Crippen LogP contribution >= 0.6 is 0 Å². The monoisotopic (exact) mass is 291 g/mol. The highest BCUT2D eigenvalue weighted by Crippen LogP contribution is 2.39. The highest BCUT2D eigenvalue weighted by atomic mass is 16.5. The van der Waals surface area contributed by atoms with Crippen LogP contribution in [0.25, 0.3) is 0 Å². The van der Waals surface area contributed by atoms with Gasteiger partial charge in [0.1, 0.15) is 5.75 Å². The van der Waals surface area contributed by atoms with E-state index >= 15 is 0 Å². The summed E-state index contributed by atoms with van der Waals surface area (Å²) in [4.78, 5) is 11.8. The van der Waals surface area contributed by atoms with Gasteiger partial charge in [0.15, 0.2) is 6.61 Å². The first-order valence-electron chi connectivity index (χ1n) is 7.56. The van der Waals surface area contributed by atoms with Crippen LogP contribution in [0.15, 0.2) is 30.3 Å². The SMILES string of the molecule is CC1(C)CCC(O)(CNC(=O)COc2ccccc2)CC1. The maximum atomic E-state index is 11.8. The van der Waals surface area contributed by atoms with Crippen molar-refractivity contribution in [3.05, 3.63) is 30.3 Å². The molecule has 0 aliphatic heterocycles. The molecule has 21 heavy (non-hydrogen) atoms. The summed E-state index contributed by atoms with van der Waals surface area (Å²) < 4.78 is 5.38. The highest BCUT2D eigenvalue weighted by molar-refractivity contribution is 5.77. The van der Waals surface area contributed by atoms with Crippen molar-refractivity contribution in [2.24, 2.45) is 5.41 Å². The van der Waals surface area contributed by atoms with Crippen LogP contribution < -0.4 is 10.1 Å². The molecule has 0 aromatic heterocycles. The molecule has 1 fully saturated rings. The fourth-order valence-corrected chi connectivity index (χ4v) is 2.55. The number of nitrogens with one attached hydrogen (secondary N) is 1. The Labute approximate surface area is 126 Å². The van der Waals surface area contributed by atoms with E-state index in [-0.39, 0.29) is 12.5 Å². The summed E-state index contributed by atoms with van der Waals surface area (Å²) in [6, 6.07) is 9.24. The quantitative estimate of drug-likeness (QED) is 0.876. The number of ether oxygens (including phenoxy) is 1. The molecule has 0 radical (unpaired) electrons. The largest absolute Gasteiger partial charge is 0.484 e. The molecule has 0 spiro atoms. The molecule has 1 amide bonds. The number of rotatable bonds is 5. The lowest BCUT2D eigenvalue weighted by molar-refractivity contribution is -0.125. The predicted octanol–water partition coefficient (Wildman–Crippen LogP) is 2.51. The minimum absolute atomic E-state index is 0.0222. The molecule has 2 rings (SSSR count). The molecule has 0 bridgehead atoms. The van der Waals surface area contributed by atoms with E-state index in [2.05, 4.69) is 19.2 Å². The Morgan fingerprint density at radius 3 is 2.43 bits per heavy atom. The highest BCUT2D eigenvalue weighted by Gasteiger charge is 2.36. The first-order valence-corrected chi connectivity index (χ1v) is 7.56. The normalized spacial score (nSPS) is 19.8. The van der Waals surface area contributed by atoms with Gasteiger partial charge in [-0.25, -0.2) is 0 Å². The standard InChI is InChI=1S/C17H25NO3/c1-16(2)8-10-17(20,11-9-16)13-18-15(19)12-21-14-6-4-3-5-7-14/h3-7,20H,8-13H2,1-2H3,(H,18,19). The van der Waals surface area contributed by atoms with E-state index in [0.29, 0.717) is 17.7 Å². The summed E-state index contributed by atoms with van der Waals surface area (Å²) in [6.45, 7) is 4.73. The van der Waals surface area contributed by atoms with Gasteiger partial charge in [-0.05, 0) is 43.2 Å².